The number of aliphatic hydroxyl groups excluding tert-OH is 1. The molecule has 18 heavy (non-hydrogen) atoms. The van der Waals surface area contributed by atoms with Crippen LogP contribution in [0, 0.1) is 0 Å². The quantitative estimate of drug-likeness (QED) is 0.894. The van der Waals surface area contributed by atoms with Gasteiger partial charge in [0, 0.05) is 24.6 Å². The number of fused-ring (bicyclic) bond motifs is 1. The van der Waals surface area contributed by atoms with E-state index in [2.05, 4.69) is 0 Å². The van der Waals surface area contributed by atoms with Crippen molar-refractivity contribution in [2.24, 2.45) is 0 Å². The summed E-state index contributed by atoms with van der Waals surface area (Å²) in [6, 6.07) is 7.76. The molecule has 0 amide bonds. The summed E-state index contributed by atoms with van der Waals surface area (Å²) in [6.45, 7) is 0.640. The largest absolute Gasteiger partial charge is 0.392 e. The maximum Gasteiger partial charge on any atom is 0.147 e. The van der Waals surface area contributed by atoms with Gasteiger partial charge >= 0.3 is 0 Å². The van der Waals surface area contributed by atoms with E-state index in [1.165, 1.54) is 6.26 Å². The smallest absolute Gasteiger partial charge is 0.147 e. The third kappa shape index (κ3) is 2.91. The molecule has 0 fully saturated rings. The first-order chi connectivity index (χ1) is 8.51. The maximum absolute atomic E-state index is 11.1. The third-order valence-electron chi connectivity index (χ3n) is 2.96. The molecule has 1 aromatic carbocycles. The van der Waals surface area contributed by atoms with Crippen LogP contribution in [0.25, 0.3) is 10.9 Å². The second-order valence-corrected chi connectivity index (χ2v) is 6.77. The zero-order valence-electron chi connectivity index (χ0n) is 10.3. The highest BCUT2D eigenvalue weighted by atomic mass is 32.2. The van der Waals surface area contributed by atoms with Crippen LogP contribution in [-0.4, -0.2) is 30.1 Å². The van der Waals surface area contributed by atoms with Crippen LogP contribution >= 0.6 is 0 Å². The zero-order chi connectivity index (χ0) is 13.2. The fourth-order valence-corrected chi connectivity index (χ4v) is 2.81. The Balaban J connectivity index is 2.23. The number of hydrogen-bond acceptors (Lipinski definition) is 3. The topological polar surface area (TPSA) is 59.3 Å². The van der Waals surface area contributed by atoms with Crippen LogP contribution in [0.5, 0.6) is 0 Å². The van der Waals surface area contributed by atoms with Gasteiger partial charge in [-0.3, -0.25) is 0 Å². The van der Waals surface area contributed by atoms with Gasteiger partial charge in [0.2, 0.25) is 0 Å². The number of para-hydroxylation sites is 1. The lowest BCUT2D eigenvalue weighted by molar-refractivity contribution is 0.283. The third-order valence-corrected chi connectivity index (χ3v) is 3.99. The average Bonchev–Trinajstić information content (AvgIpc) is 2.71. The SMILES string of the molecule is CS(=O)(=O)CCCn1ccc2cccc(CO)c21. The van der Waals surface area contributed by atoms with Gasteiger partial charge in [-0.25, -0.2) is 8.42 Å². The summed E-state index contributed by atoms with van der Waals surface area (Å²) >= 11 is 0. The molecule has 0 bridgehead atoms. The van der Waals surface area contributed by atoms with Gasteiger partial charge in [0.1, 0.15) is 9.84 Å². The first-order valence-electron chi connectivity index (χ1n) is 5.86. The molecule has 1 N–H and O–H groups in total. The fraction of sp³-hybridized carbons (Fsp3) is 0.385. The van der Waals surface area contributed by atoms with Gasteiger partial charge in [0.05, 0.1) is 17.9 Å². The number of sulfone groups is 1. The molecular weight excluding hydrogens is 250 g/mol. The monoisotopic (exact) mass is 267 g/mol. The van der Waals surface area contributed by atoms with Crippen LogP contribution in [0.4, 0.5) is 0 Å². The Morgan fingerprint density at radius 2 is 2.06 bits per heavy atom. The summed E-state index contributed by atoms with van der Waals surface area (Å²) in [6.07, 6.45) is 3.77. The normalized spacial score (nSPS) is 12.1. The summed E-state index contributed by atoms with van der Waals surface area (Å²) in [4.78, 5) is 0. The minimum atomic E-state index is -2.91. The van der Waals surface area contributed by atoms with E-state index in [-0.39, 0.29) is 12.4 Å². The molecule has 98 valence electrons. The van der Waals surface area contributed by atoms with Crippen molar-refractivity contribution in [3.05, 3.63) is 36.0 Å². The van der Waals surface area contributed by atoms with E-state index in [0.717, 1.165) is 16.5 Å². The lowest BCUT2D eigenvalue weighted by Crippen LogP contribution is -2.07. The molecule has 0 atom stereocenters. The Hall–Kier alpha value is -1.33. The summed E-state index contributed by atoms with van der Waals surface area (Å²) in [5.41, 5.74) is 1.87. The van der Waals surface area contributed by atoms with Crippen molar-refractivity contribution in [3.8, 4) is 0 Å². The molecule has 0 saturated carbocycles. The molecule has 0 unspecified atom stereocenters. The van der Waals surface area contributed by atoms with E-state index in [1.54, 1.807) is 0 Å². The van der Waals surface area contributed by atoms with E-state index < -0.39 is 9.84 Å². The van der Waals surface area contributed by atoms with Crippen molar-refractivity contribution >= 4 is 20.7 Å². The van der Waals surface area contributed by atoms with Crippen molar-refractivity contribution in [2.75, 3.05) is 12.0 Å². The van der Waals surface area contributed by atoms with Gasteiger partial charge in [-0.2, -0.15) is 0 Å². The molecule has 4 nitrogen and oxygen atoms in total. The van der Waals surface area contributed by atoms with Gasteiger partial charge < -0.3 is 9.67 Å². The maximum atomic E-state index is 11.1. The minimum absolute atomic E-state index is 0.00652. The van der Waals surface area contributed by atoms with Gasteiger partial charge in [-0.15, -0.1) is 0 Å². The second kappa shape index (κ2) is 5.12. The first-order valence-corrected chi connectivity index (χ1v) is 7.92. The predicted octanol–water partition coefficient (Wildman–Crippen LogP) is 1.57. The number of aryl methyl sites for hydroxylation is 1. The highest BCUT2D eigenvalue weighted by molar-refractivity contribution is 7.90. The zero-order valence-corrected chi connectivity index (χ0v) is 11.2. The predicted molar refractivity (Wildman–Crippen MR) is 72.2 cm³/mol. The molecule has 0 aliphatic carbocycles. The average molecular weight is 267 g/mol. The Morgan fingerprint density at radius 1 is 1.28 bits per heavy atom. The van der Waals surface area contributed by atoms with Crippen molar-refractivity contribution in [1.29, 1.82) is 0 Å². The minimum Gasteiger partial charge on any atom is -0.392 e. The van der Waals surface area contributed by atoms with Crippen LogP contribution in [0.3, 0.4) is 0 Å². The molecule has 0 aliphatic rings. The molecule has 0 spiro atoms. The van der Waals surface area contributed by atoms with Gasteiger partial charge in [0.25, 0.3) is 0 Å². The van der Waals surface area contributed by atoms with Gasteiger partial charge in [0.15, 0.2) is 0 Å². The Morgan fingerprint density at radius 3 is 2.72 bits per heavy atom. The number of rotatable bonds is 5. The molecule has 2 aromatic rings. The lowest BCUT2D eigenvalue weighted by Gasteiger charge is -2.08. The Bertz CT molecular complexity index is 643. The standard InChI is InChI=1S/C13H17NO3S/c1-18(16,17)9-3-7-14-8-6-11-4-2-5-12(10-15)13(11)14/h2,4-6,8,15H,3,7,9-10H2,1H3. The van der Waals surface area contributed by atoms with E-state index >= 15 is 0 Å². The Labute approximate surface area is 107 Å². The number of benzene rings is 1. The molecule has 0 aliphatic heterocycles. The van der Waals surface area contributed by atoms with Crippen LogP contribution in [0.15, 0.2) is 30.5 Å². The molecule has 0 saturated heterocycles. The number of nitrogens with zero attached hydrogens (tertiary/aromatic N) is 1. The van der Waals surface area contributed by atoms with E-state index in [1.807, 2.05) is 35.0 Å². The Kier molecular flexibility index (Phi) is 3.73. The van der Waals surface area contributed by atoms with Crippen LogP contribution in [0.2, 0.25) is 0 Å². The van der Waals surface area contributed by atoms with Gasteiger partial charge in [-0.1, -0.05) is 18.2 Å². The number of hydrogen-bond donors (Lipinski definition) is 1. The highest BCUT2D eigenvalue weighted by Crippen LogP contribution is 2.20. The van der Waals surface area contributed by atoms with E-state index in [4.69, 9.17) is 0 Å². The number of aromatic nitrogens is 1. The van der Waals surface area contributed by atoms with E-state index in [0.29, 0.717) is 13.0 Å². The first kappa shape index (κ1) is 13.1. The fourth-order valence-electron chi connectivity index (χ4n) is 2.15. The molecule has 5 heteroatoms. The van der Waals surface area contributed by atoms with Crippen LogP contribution in [0.1, 0.15) is 12.0 Å². The summed E-state index contributed by atoms with van der Waals surface area (Å²) in [7, 11) is -2.91. The van der Waals surface area contributed by atoms with Gasteiger partial charge in [-0.05, 0) is 17.9 Å². The van der Waals surface area contributed by atoms with Crippen LogP contribution in [-0.2, 0) is 23.0 Å². The molecule has 2 rings (SSSR count). The number of aliphatic hydroxyl groups is 1. The molecule has 0 radical (unpaired) electrons. The summed E-state index contributed by atoms with van der Waals surface area (Å²) in [5, 5.41) is 10.4. The molecule has 1 aromatic heterocycles. The summed E-state index contributed by atoms with van der Waals surface area (Å²) in [5.74, 6) is 0.188. The second-order valence-electron chi connectivity index (χ2n) is 4.51. The molecule has 1 heterocycles. The van der Waals surface area contributed by atoms with Crippen molar-refractivity contribution < 1.29 is 13.5 Å². The van der Waals surface area contributed by atoms with Crippen molar-refractivity contribution in [1.82, 2.24) is 4.57 Å². The van der Waals surface area contributed by atoms with Crippen molar-refractivity contribution in [2.45, 2.75) is 19.6 Å². The molecular formula is C13H17NO3S. The van der Waals surface area contributed by atoms with Crippen LogP contribution < -0.4 is 0 Å². The van der Waals surface area contributed by atoms with Crippen molar-refractivity contribution in [3.63, 3.8) is 0 Å². The summed E-state index contributed by atoms with van der Waals surface area (Å²) < 4.78 is 24.2. The highest BCUT2D eigenvalue weighted by Gasteiger charge is 2.07. The van der Waals surface area contributed by atoms with E-state index in [9.17, 15) is 13.5 Å². The lowest BCUT2D eigenvalue weighted by atomic mass is 10.1.